The topological polar surface area (TPSA) is 198 Å². The molecule has 0 saturated carbocycles. The maximum absolute atomic E-state index is 12.1. The summed E-state index contributed by atoms with van der Waals surface area (Å²) in [4.78, 5) is 6.57. The molecular weight excluding hydrogens is 574 g/mol. The average Bonchev–Trinajstić information content (AvgIpc) is 2.79. The van der Waals surface area contributed by atoms with Gasteiger partial charge in [-0.15, -0.1) is 0 Å². The third kappa shape index (κ3) is 6.76. The second-order valence-corrected chi connectivity index (χ2v) is 11.0. The van der Waals surface area contributed by atoms with E-state index in [2.05, 4.69) is 9.97 Å². The molecule has 0 saturated heterocycles. The molecule has 2 N–H and O–H groups in total. The van der Waals surface area contributed by atoms with Crippen LogP contribution in [0.3, 0.4) is 0 Å². The SMILES string of the molecule is Cc1ccc(S(=O)(=O)n2ccc(=N)nc2[O-])cc1.Cc1ccc(S(=O)(=O)n2ccc(=N)nc2[O-])cc1.[Zn+2]. The minimum atomic E-state index is -3.94. The normalized spacial score (nSPS) is 11.1. The van der Waals surface area contributed by atoms with Gasteiger partial charge in [-0.2, -0.15) is 0 Å². The van der Waals surface area contributed by atoms with Crippen molar-refractivity contribution in [3.05, 3.63) is 95.2 Å². The van der Waals surface area contributed by atoms with Gasteiger partial charge in [0.2, 0.25) is 0 Å². The third-order valence-corrected chi connectivity index (χ3v) is 8.03. The number of hydrogen-bond donors (Lipinski definition) is 2. The van der Waals surface area contributed by atoms with E-state index in [0.29, 0.717) is 7.94 Å². The van der Waals surface area contributed by atoms with Crippen molar-refractivity contribution in [1.82, 2.24) is 17.9 Å². The van der Waals surface area contributed by atoms with E-state index in [4.69, 9.17) is 10.8 Å². The van der Waals surface area contributed by atoms with Crippen LogP contribution in [0.25, 0.3) is 0 Å². The number of hydrogen-bond acceptors (Lipinski definition) is 10. The fourth-order valence-electron chi connectivity index (χ4n) is 2.80. The zero-order chi connectivity index (χ0) is 26.7. The summed E-state index contributed by atoms with van der Waals surface area (Å²) in [6.45, 7) is 3.66. The molecule has 4 rings (SSSR count). The molecule has 0 fully saturated rings. The molecule has 37 heavy (non-hydrogen) atoms. The van der Waals surface area contributed by atoms with Crippen LogP contribution in [0.1, 0.15) is 11.1 Å². The molecule has 15 heteroatoms. The first-order valence-corrected chi connectivity index (χ1v) is 13.0. The van der Waals surface area contributed by atoms with Gasteiger partial charge in [-0.25, -0.2) is 34.7 Å². The maximum atomic E-state index is 12.1. The van der Waals surface area contributed by atoms with Crippen molar-refractivity contribution in [2.24, 2.45) is 0 Å². The number of nitrogens with one attached hydrogen (secondary N) is 2. The van der Waals surface area contributed by atoms with Gasteiger partial charge in [-0.3, -0.25) is 10.8 Å². The van der Waals surface area contributed by atoms with E-state index in [9.17, 15) is 27.0 Å². The Morgan fingerprint density at radius 3 is 1.19 bits per heavy atom. The molecule has 0 aliphatic rings. The Balaban J connectivity index is 0.000000253. The molecule has 0 unspecified atom stereocenters. The Labute approximate surface area is 225 Å². The van der Waals surface area contributed by atoms with Crippen LogP contribution in [0, 0.1) is 24.7 Å². The minimum absolute atomic E-state index is 0. The van der Waals surface area contributed by atoms with Crippen LogP contribution in [-0.2, 0) is 39.5 Å². The van der Waals surface area contributed by atoms with E-state index in [1.807, 2.05) is 13.8 Å². The van der Waals surface area contributed by atoms with Crippen molar-refractivity contribution in [3.8, 4) is 12.0 Å². The number of aryl methyl sites for hydroxylation is 2. The van der Waals surface area contributed by atoms with Gasteiger partial charge in [-0.05, 0) is 50.2 Å². The van der Waals surface area contributed by atoms with Crippen LogP contribution >= 0.6 is 0 Å². The van der Waals surface area contributed by atoms with Gasteiger partial charge < -0.3 is 10.2 Å². The molecule has 4 aromatic rings. The van der Waals surface area contributed by atoms with Crippen LogP contribution in [-0.4, -0.2) is 34.7 Å². The monoisotopic (exact) mass is 592 g/mol. The third-order valence-electron chi connectivity index (χ3n) is 4.70. The van der Waals surface area contributed by atoms with Gasteiger partial charge in [0.15, 0.2) is 0 Å². The fraction of sp³-hybridized carbons (Fsp3) is 0.0909. The Morgan fingerprint density at radius 2 is 0.919 bits per heavy atom. The van der Waals surface area contributed by atoms with E-state index in [1.165, 1.54) is 24.3 Å². The summed E-state index contributed by atoms with van der Waals surface area (Å²) < 4.78 is 49.6. The molecule has 0 amide bonds. The van der Waals surface area contributed by atoms with Crippen molar-refractivity contribution in [2.45, 2.75) is 23.6 Å². The fourth-order valence-corrected chi connectivity index (χ4v) is 5.15. The van der Waals surface area contributed by atoms with Gasteiger partial charge in [0.25, 0.3) is 20.0 Å². The van der Waals surface area contributed by atoms with Crippen LogP contribution in [0.15, 0.2) is 82.8 Å². The molecule has 2 aromatic carbocycles. The minimum Gasteiger partial charge on any atom is -0.845 e. The molecule has 0 aliphatic heterocycles. The second-order valence-electron chi connectivity index (χ2n) is 7.42. The van der Waals surface area contributed by atoms with Gasteiger partial charge in [0, 0.05) is 12.4 Å². The first-order valence-electron chi connectivity index (χ1n) is 10.1. The quantitative estimate of drug-likeness (QED) is 0.307. The predicted octanol–water partition coefficient (Wildman–Crippen LogP) is -0.0393. The van der Waals surface area contributed by atoms with E-state index in [1.54, 1.807) is 24.3 Å². The number of rotatable bonds is 4. The first kappa shape index (κ1) is 29.6. The molecule has 0 spiro atoms. The zero-order valence-corrected chi connectivity index (χ0v) is 24.3. The summed E-state index contributed by atoms with van der Waals surface area (Å²) in [6, 6.07) is 12.6. The van der Waals surface area contributed by atoms with Crippen LogP contribution in [0.4, 0.5) is 0 Å². The first-order chi connectivity index (χ1) is 16.8. The van der Waals surface area contributed by atoms with E-state index < -0.39 is 32.1 Å². The summed E-state index contributed by atoms with van der Waals surface area (Å²) in [7, 11) is -7.89. The van der Waals surface area contributed by atoms with Crippen molar-refractivity contribution in [3.63, 3.8) is 0 Å². The van der Waals surface area contributed by atoms with Crippen LogP contribution < -0.4 is 21.2 Å². The zero-order valence-electron chi connectivity index (χ0n) is 19.7. The molecule has 0 bridgehead atoms. The van der Waals surface area contributed by atoms with E-state index in [-0.39, 0.29) is 40.2 Å². The molecule has 0 radical (unpaired) electrons. The number of benzene rings is 2. The molecule has 0 aliphatic carbocycles. The number of aromatic nitrogens is 4. The van der Waals surface area contributed by atoms with E-state index in [0.717, 1.165) is 35.7 Å². The Morgan fingerprint density at radius 1 is 0.622 bits per heavy atom. The molecule has 188 valence electrons. The standard InChI is InChI=1S/2C11H11N3O3S.Zn/c2*1-8-2-4-9(5-3-8)18(16,17)14-7-6-10(12)13-11(14)15;/h2*2-7H,1H3,(H2,12,13,15);/q;;+2/p-2. The average molecular weight is 594 g/mol. The van der Waals surface area contributed by atoms with Crippen molar-refractivity contribution in [2.75, 3.05) is 0 Å². The summed E-state index contributed by atoms with van der Waals surface area (Å²) in [5, 5.41) is 37.3. The van der Waals surface area contributed by atoms with E-state index >= 15 is 0 Å². The second kappa shape index (κ2) is 11.6. The molecule has 12 nitrogen and oxygen atoms in total. The maximum Gasteiger partial charge on any atom is 2.00 e. The smallest absolute Gasteiger partial charge is 0.845 e. The van der Waals surface area contributed by atoms with Crippen molar-refractivity contribution in [1.29, 1.82) is 10.8 Å². The summed E-state index contributed by atoms with van der Waals surface area (Å²) in [6.07, 6.45) is 2.07. The summed E-state index contributed by atoms with van der Waals surface area (Å²) in [5.74, 6) is 0. The molecule has 0 atom stereocenters. The van der Waals surface area contributed by atoms with Gasteiger partial charge in [-0.1, -0.05) is 35.4 Å². The van der Waals surface area contributed by atoms with Crippen LogP contribution in [0.2, 0.25) is 0 Å². The van der Waals surface area contributed by atoms with Gasteiger partial charge in [0.05, 0.1) is 21.8 Å². The molecule has 2 heterocycles. The summed E-state index contributed by atoms with van der Waals surface area (Å²) >= 11 is 0. The predicted molar refractivity (Wildman–Crippen MR) is 123 cm³/mol. The van der Waals surface area contributed by atoms with Crippen LogP contribution in [0.5, 0.6) is 12.0 Å². The van der Waals surface area contributed by atoms with Crippen molar-refractivity contribution >= 4 is 20.0 Å². The van der Waals surface area contributed by atoms with Gasteiger partial charge in [0.1, 0.15) is 11.0 Å². The number of nitrogens with zero attached hydrogens (tertiary/aromatic N) is 4. The Hall–Kier alpha value is -3.68. The Kier molecular flexibility index (Phi) is 9.25. The Bertz CT molecular complexity index is 1600. The molecule has 2 aromatic heterocycles. The van der Waals surface area contributed by atoms with Gasteiger partial charge >= 0.3 is 19.5 Å². The summed E-state index contributed by atoms with van der Waals surface area (Å²) in [5.41, 5.74) is 1.30. The van der Waals surface area contributed by atoms with Crippen molar-refractivity contribution < 1.29 is 46.5 Å². The largest absolute Gasteiger partial charge is 2.00 e. The molecular formula is C22H20N6O6S2Zn.